The number of halogens is 1. The zero-order valence-corrected chi connectivity index (χ0v) is 50.7. The number of carbonyl (C=O) groups is 8. The Morgan fingerprint density at radius 3 is 1.90 bits per heavy atom. The van der Waals surface area contributed by atoms with Crippen molar-refractivity contribution in [2.24, 2.45) is 5.92 Å². The van der Waals surface area contributed by atoms with E-state index in [9.17, 15) is 60.7 Å². The van der Waals surface area contributed by atoms with Gasteiger partial charge in [0.05, 0.1) is 31.3 Å². The summed E-state index contributed by atoms with van der Waals surface area (Å²) in [5, 5.41) is 54.8. The fourth-order valence-electron chi connectivity index (χ4n) is 8.27. The van der Waals surface area contributed by atoms with E-state index in [2.05, 4.69) is 63.0 Å². The summed E-state index contributed by atoms with van der Waals surface area (Å²) >= 11 is 0. The van der Waals surface area contributed by atoms with Crippen molar-refractivity contribution in [3.63, 3.8) is 0 Å². The third-order valence-electron chi connectivity index (χ3n) is 12.8. The lowest BCUT2D eigenvalue weighted by Gasteiger charge is -2.27. The monoisotopic (exact) mass is 1200 g/mol. The van der Waals surface area contributed by atoms with E-state index in [1.807, 2.05) is 18.7 Å². The van der Waals surface area contributed by atoms with Gasteiger partial charge < -0.3 is 55.7 Å². The molecule has 2 aromatic rings. The van der Waals surface area contributed by atoms with E-state index in [0.29, 0.717) is 68.9 Å². The smallest absolute Gasteiger partial charge is 0.481 e. The molecule has 5 amide bonds. The fourth-order valence-corrected chi connectivity index (χ4v) is 8.61. The number of nitrogens with one attached hydrogen (secondary N) is 4. The van der Waals surface area contributed by atoms with Crippen LogP contribution in [0.1, 0.15) is 173 Å². The standard InChI is InChI=1S/C39H59BFN7O10S.C8H17NO2.C6H12O2.C3H6O2/c1-4-6-9-23-47(22-5-2)27-36(50)43-20-8-7-11-33(46-35(49)18-15-29-13-16-32(17-14-29)58-59(41,56)57)38(52)44-26-31-25-30(19-21-42-31)37(51)45-28(3)39(53)48-24-10-12-34(48)40(54)55;1-3-5-9(6-4-2)7-8(10)11;1-3-5(2)4-6(7)8;1-2-3(4)5/h13-14,16-17,19,21,25,28,33-34,54-55H,4-12,15,18,20,22-24,26-27H2,1-3H3,(H,43,50)(H,44,52)(H,45,51)(H,46,49);3-7H2,1-2H3,(H,10,11);5H,3-4H2,1-2H3,(H,7,8);2H2,1H3,(H,4,5). The Bertz CT molecular complexity index is 2350. The zero-order chi connectivity index (χ0) is 62.9. The van der Waals surface area contributed by atoms with E-state index < -0.39 is 77.2 Å². The molecule has 24 nitrogen and oxygen atoms in total. The second kappa shape index (κ2) is 44.3. The molecule has 1 fully saturated rings. The molecule has 1 aliphatic heterocycles. The zero-order valence-electron chi connectivity index (χ0n) is 49.9. The Kier molecular flexibility index (Phi) is 40.9. The van der Waals surface area contributed by atoms with Crippen molar-refractivity contribution in [3.8, 4) is 5.75 Å². The molecule has 0 radical (unpaired) electrons. The highest BCUT2D eigenvalue weighted by molar-refractivity contribution is 7.81. The number of nitrogens with zero attached hydrogens (tertiary/aromatic N) is 4. The number of amides is 5. The summed E-state index contributed by atoms with van der Waals surface area (Å²) in [6, 6.07) is 6.51. The predicted molar refractivity (Wildman–Crippen MR) is 313 cm³/mol. The molecule has 470 valence electrons. The number of carbonyl (C=O) groups excluding carboxylic acids is 5. The van der Waals surface area contributed by atoms with Gasteiger partial charge in [0.25, 0.3) is 5.91 Å². The van der Waals surface area contributed by atoms with Gasteiger partial charge in [-0.25, -0.2) is 0 Å². The first-order chi connectivity index (χ1) is 39.2. The molecule has 2 heterocycles. The third-order valence-corrected chi connectivity index (χ3v) is 13.2. The van der Waals surface area contributed by atoms with Crippen molar-refractivity contribution in [2.45, 2.75) is 183 Å². The molecule has 0 bridgehead atoms. The van der Waals surface area contributed by atoms with Crippen LogP contribution in [0.3, 0.4) is 0 Å². The third kappa shape index (κ3) is 37.5. The first-order valence-electron chi connectivity index (χ1n) is 28.8. The molecule has 0 aliphatic carbocycles. The summed E-state index contributed by atoms with van der Waals surface area (Å²) in [4.78, 5) is 105. The van der Waals surface area contributed by atoms with Crippen molar-refractivity contribution >= 4 is 65.1 Å². The topological polar surface area (TPSA) is 352 Å². The Morgan fingerprint density at radius 1 is 0.771 bits per heavy atom. The number of hydrogen-bond donors (Lipinski definition) is 9. The quantitative estimate of drug-likeness (QED) is 0.0249. The lowest BCUT2D eigenvalue weighted by atomic mass is 9.78. The van der Waals surface area contributed by atoms with Crippen LogP contribution in [0.15, 0.2) is 42.6 Å². The molecule has 9 N–H and O–H groups in total. The molecule has 1 aromatic heterocycles. The van der Waals surface area contributed by atoms with E-state index in [1.54, 1.807) is 6.92 Å². The molecular weight excluding hydrogens is 1100 g/mol. The number of carboxylic acids is 3. The average Bonchev–Trinajstić information content (AvgIpc) is 4.22. The van der Waals surface area contributed by atoms with E-state index in [1.165, 1.54) is 54.4 Å². The van der Waals surface area contributed by atoms with Crippen molar-refractivity contribution in [2.75, 3.05) is 52.4 Å². The normalized spacial score (nSPS) is 13.7. The van der Waals surface area contributed by atoms with E-state index in [0.717, 1.165) is 71.1 Å². The van der Waals surface area contributed by atoms with Gasteiger partial charge in [-0.3, -0.25) is 53.1 Å². The van der Waals surface area contributed by atoms with E-state index in [-0.39, 0.29) is 56.0 Å². The van der Waals surface area contributed by atoms with Gasteiger partial charge in [0.2, 0.25) is 23.6 Å². The SMILES string of the molecule is CCC(=O)O.CCC(C)CC(=O)O.CCCCCN(CCC)CC(=O)NCCCCC(NC(=O)CCc1ccc(OS(=O)(=O)F)cc1)C(=O)NCc1cc(C(=O)NC(C)C(=O)N2CCCC2B(O)O)ccn1.CCCN(CCC)CC(=O)O. The first-order valence-corrected chi connectivity index (χ1v) is 30.1. The molecule has 0 saturated carbocycles. The van der Waals surface area contributed by atoms with Crippen LogP contribution >= 0.6 is 0 Å². The summed E-state index contributed by atoms with van der Waals surface area (Å²) in [5.74, 6) is -4.83. The van der Waals surface area contributed by atoms with Crippen molar-refractivity contribution in [1.29, 1.82) is 0 Å². The molecular formula is C56H94BFN8O16S. The molecule has 3 rings (SSSR count). The number of hydrogen-bond acceptors (Lipinski definition) is 16. The number of unbranched alkanes of at least 4 members (excludes halogenated alkanes) is 3. The summed E-state index contributed by atoms with van der Waals surface area (Å²) in [7, 11) is -6.86. The van der Waals surface area contributed by atoms with E-state index in [4.69, 9.17) is 15.3 Å². The molecule has 4 unspecified atom stereocenters. The van der Waals surface area contributed by atoms with Crippen LogP contribution < -0.4 is 25.5 Å². The number of pyridine rings is 1. The number of carboxylic acid groups (broad SMARTS) is 3. The highest BCUT2D eigenvalue weighted by Gasteiger charge is 2.38. The van der Waals surface area contributed by atoms with Crippen LogP contribution in [0.4, 0.5) is 3.89 Å². The van der Waals surface area contributed by atoms with Crippen LogP contribution in [-0.2, 0) is 57.0 Å². The number of rotatable bonds is 36. The van der Waals surface area contributed by atoms with Crippen LogP contribution in [0, 0.1) is 5.92 Å². The van der Waals surface area contributed by atoms with Gasteiger partial charge >= 0.3 is 35.5 Å². The number of benzene rings is 1. The Labute approximate surface area is 490 Å². The highest BCUT2D eigenvalue weighted by Crippen LogP contribution is 2.20. The minimum atomic E-state index is -5.18. The van der Waals surface area contributed by atoms with Crippen LogP contribution in [0.25, 0.3) is 0 Å². The van der Waals surface area contributed by atoms with Gasteiger partial charge in [0.15, 0.2) is 0 Å². The number of aromatic nitrogens is 1. The van der Waals surface area contributed by atoms with E-state index >= 15 is 0 Å². The lowest BCUT2D eigenvalue weighted by molar-refractivity contribution is -0.139. The maximum Gasteiger partial charge on any atom is 0.488 e. The maximum atomic E-state index is 13.5. The Hall–Kier alpha value is -6.29. The number of aliphatic carboxylic acids is 3. The highest BCUT2D eigenvalue weighted by atomic mass is 32.3. The summed E-state index contributed by atoms with van der Waals surface area (Å²) in [6.45, 7) is 20.0. The summed E-state index contributed by atoms with van der Waals surface area (Å²) < 4.78 is 38.5. The molecule has 1 aliphatic rings. The predicted octanol–water partition coefficient (Wildman–Crippen LogP) is 4.90. The van der Waals surface area contributed by atoms with Gasteiger partial charge in [-0.05, 0) is 133 Å². The van der Waals surface area contributed by atoms with Crippen molar-refractivity contribution in [1.82, 2.24) is 41.0 Å². The van der Waals surface area contributed by atoms with Crippen molar-refractivity contribution < 1.29 is 80.2 Å². The van der Waals surface area contributed by atoms with Gasteiger partial charge in [-0.15, -0.1) is 0 Å². The van der Waals surface area contributed by atoms with Crippen molar-refractivity contribution in [3.05, 3.63) is 59.4 Å². The minimum Gasteiger partial charge on any atom is -0.481 e. The largest absolute Gasteiger partial charge is 0.488 e. The summed E-state index contributed by atoms with van der Waals surface area (Å²) in [5.41, 5.74) is 1.16. The average molecular weight is 1200 g/mol. The molecule has 0 spiro atoms. The Balaban J connectivity index is 0.00000232. The van der Waals surface area contributed by atoms with Gasteiger partial charge in [-0.2, -0.15) is 8.42 Å². The number of likely N-dealkylation sites (tertiary alicyclic amines) is 1. The lowest BCUT2D eigenvalue weighted by Crippen LogP contribution is -2.52. The molecule has 27 heteroatoms. The number of aryl methyl sites for hydroxylation is 1. The fraction of sp³-hybridized carbons (Fsp3) is 0.661. The van der Waals surface area contributed by atoms with Gasteiger partial charge in [0, 0.05) is 44.1 Å². The van der Waals surface area contributed by atoms with Crippen LogP contribution in [0.2, 0.25) is 0 Å². The molecule has 1 saturated heterocycles. The molecule has 4 atom stereocenters. The first kappa shape index (κ1) is 76.7. The minimum absolute atomic E-state index is 0.0212. The molecule has 1 aromatic carbocycles. The van der Waals surface area contributed by atoms with Crippen LogP contribution in [-0.4, -0.2) is 178 Å². The van der Waals surface area contributed by atoms with Crippen LogP contribution in [0.5, 0.6) is 5.75 Å². The second-order valence-electron chi connectivity index (χ2n) is 20.2. The second-order valence-corrected chi connectivity index (χ2v) is 21.2. The summed E-state index contributed by atoms with van der Waals surface area (Å²) in [6.07, 6.45) is 11.6. The van der Waals surface area contributed by atoms with Gasteiger partial charge in [0.1, 0.15) is 17.8 Å². The Morgan fingerprint density at radius 2 is 1.39 bits per heavy atom. The maximum absolute atomic E-state index is 13.5. The molecule has 83 heavy (non-hydrogen) atoms. The van der Waals surface area contributed by atoms with Gasteiger partial charge in [-0.1, -0.05) is 83.7 Å².